The fourth-order valence-electron chi connectivity index (χ4n) is 0.798. The number of nitrogens with two attached hydrogens (primary N) is 1. The molecule has 1 rings (SSSR count). The molecule has 1 aromatic carbocycles. The first kappa shape index (κ1) is 8.80. The van der Waals surface area contributed by atoms with Crippen molar-refractivity contribution >= 4 is 11.4 Å². The molecule has 0 aliphatic carbocycles. The van der Waals surface area contributed by atoms with Crippen LogP contribution in [0.5, 0.6) is 5.75 Å². The largest absolute Gasteiger partial charge is 0.393 e. The Bertz CT molecular complexity index is 383. The molecule has 0 aliphatic heterocycles. The predicted molar refractivity (Wildman–Crippen MR) is 43.7 cm³/mol. The summed E-state index contributed by atoms with van der Waals surface area (Å²) in [5, 5.41) is 18.5. The summed E-state index contributed by atoms with van der Waals surface area (Å²) in [6, 6.07) is 3.79. The minimum Gasteiger partial charge on any atom is -0.393 e. The van der Waals surface area contributed by atoms with Crippen LogP contribution in [-0.4, -0.2) is 4.92 Å². The summed E-state index contributed by atoms with van der Waals surface area (Å²) < 4.78 is 4.40. The predicted octanol–water partition coefficient (Wildman–Crippen LogP) is 1.04. The summed E-state index contributed by atoms with van der Waals surface area (Å²) in [6.07, 6.45) is 1.41. The maximum atomic E-state index is 10.4. The van der Waals surface area contributed by atoms with Crippen molar-refractivity contribution in [1.29, 1.82) is 5.26 Å². The highest BCUT2D eigenvalue weighted by molar-refractivity contribution is 5.60. The van der Waals surface area contributed by atoms with E-state index in [2.05, 4.69) is 4.74 Å². The highest BCUT2D eigenvalue weighted by atomic mass is 16.6. The third-order valence-electron chi connectivity index (χ3n) is 1.36. The molecule has 2 N–H and O–H groups in total. The van der Waals surface area contributed by atoms with Gasteiger partial charge in [-0.05, 0) is 12.1 Å². The van der Waals surface area contributed by atoms with Gasteiger partial charge < -0.3 is 10.5 Å². The molecule has 0 aromatic heterocycles. The van der Waals surface area contributed by atoms with Crippen molar-refractivity contribution in [2.24, 2.45) is 0 Å². The zero-order chi connectivity index (χ0) is 9.84. The number of nitro benzene ring substituents is 1. The van der Waals surface area contributed by atoms with Crippen molar-refractivity contribution in [2.75, 3.05) is 5.73 Å². The van der Waals surface area contributed by atoms with Gasteiger partial charge in [0, 0.05) is 0 Å². The number of nitrogens with zero attached hydrogens (tertiary/aromatic N) is 2. The van der Waals surface area contributed by atoms with Crippen LogP contribution in [0.4, 0.5) is 11.4 Å². The molecule has 6 heteroatoms. The van der Waals surface area contributed by atoms with E-state index in [0.717, 1.165) is 6.07 Å². The highest BCUT2D eigenvalue weighted by Crippen LogP contribution is 2.26. The summed E-state index contributed by atoms with van der Waals surface area (Å²) >= 11 is 0. The van der Waals surface area contributed by atoms with E-state index in [4.69, 9.17) is 11.0 Å². The maximum absolute atomic E-state index is 10.4. The van der Waals surface area contributed by atoms with Crippen LogP contribution in [0.25, 0.3) is 0 Å². The molecule has 13 heavy (non-hydrogen) atoms. The first-order valence-corrected chi connectivity index (χ1v) is 3.25. The molecule has 0 radical (unpaired) electrons. The van der Waals surface area contributed by atoms with E-state index >= 15 is 0 Å². The van der Waals surface area contributed by atoms with Gasteiger partial charge in [-0.2, -0.15) is 0 Å². The molecule has 0 bridgehead atoms. The summed E-state index contributed by atoms with van der Waals surface area (Å²) in [5.41, 5.74) is 5.07. The van der Waals surface area contributed by atoms with Crippen LogP contribution < -0.4 is 10.5 Å². The number of benzene rings is 1. The van der Waals surface area contributed by atoms with Gasteiger partial charge in [-0.1, -0.05) is 0 Å². The third kappa shape index (κ3) is 1.84. The molecule has 0 atom stereocenters. The van der Waals surface area contributed by atoms with Gasteiger partial charge in [0.05, 0.1) is 11.0 Å². The van der Waals surface area contributed by atoms with Gasteiger partial charge in [0.25, 0.3) is 11.9 Å². The number of nitriles is 1. The van der Waals surface area contributed by atoms with E-state index in [1.165, 1.54) is 18.4 Å². The summed E-state index contributed by atoms with van der Waals surface area (Å²) in [4.78, 5) is 9.73. The Morgan fingerprint density at radius 1 is 1.62 bits per heavy atom. The molecular weight excluding hydrogens is 174 g/mol. The molecule has 0 amide bonds. The Morgan fingerprint density at radius 2 is 2.31 bits per heavy atom. The Kier molecular flexibility index (Phi) is 2.31. The minimum absolute atomic E-state index is 0.0373. The lowest BCUT2D eigenvalue weighted by molar-refractivity contribution is -0.383. The Labute approximate surface area is 73.3 Å². The smallest absolute Gasteiger partial charge is 0.295 e. The van der Waals surface area contributed by atoms with Crippen molar-refractivity contribution in [3.63, 3.8) is 0 Å². The number of nitrogen functional groups attached to an aromatic ring is 1. The lowest BCUT2D eigenvalue weighted by Gasteiger charge is -1.98. The van der Waals surface area contributed by atoms with E-state index in [-0.39, 0.29) is 17.1 Å². The number of anilines is 1. The van der Waals surface area contributed by atoms with Gasteiger partial charge in [-0.3, -0.25) is 10.1 Å². The van der Waals surface area contributed by atoms with Gasteiger partial charge in [-0.15, -0.1) is 5.26 Å². The third-order valence-corrected chi connectivity index (χ3v) is 1.36. The van der Waals surface area contributed by atoms with Gasteiger partial charge in [0.15, 0.2) is 0 Å². The topological polar surface area (TPSA) is 102 Å². The molecule has 0 aliphatic rings. The average Bonchev–Trinajstić information content (AvgIpc) is 2.08. The van der Waals surface area contributed by atoms with Crippen LogP contribution in [0.1, 0.15) is 0 Å². The van der Waals surface area contributed by atoms with E-state index in [0.29, 0.717) is 0 Å². The SMILES string of the molecule is N#COc1ccc(N)c([N+](=O)[O-])c1. The molecular formula is C7H5N3O3. The number of nitro groups is 1. The molecule has 0 fully saturated rings. The second kappa shape index (κ2) is 3.40. The van der Waals surface area contributed by atoms with Gasteiger partial charge in [-0.25, -0.2) is 0 Å². The van der Waals surface area contributed by atoms with Gasteiger partial charge in [0.2, 0.25) is 0 Å². The molecule has 0 spiro atoms. The van der Waals surface area contributed by atoms with E-state index in [9.17, 15) is 10.1 Å². The number of ether oxygens (including phenoxy) is 1. The molecule has 1 aromatic rings. The van der Waals surface area contributed by atoms with Crippen LogP contribution in [-0.2, 0) is 0 Å². The van der Waals surface area contributed by atoms with E-state index < -0.39 is 4.92 Å². The first-order valence-electron chi connectivity index (χ1n) is 3.25. The number of hydrogen-bond acceptors (Lipinski definition) is 5. The number of rotatable bonds is 2. The number of hydrogen-bond donors (Lipinski definition) is 1. The Morgan fingerprint density at radius 3 is 2.85 bits per heavy atom. The lowest BCUT2D eigenvalue weighted by Crippen LogP contribution is -1.95. The van der Waals surface area contributed by atoms with Crippen molar-refractivity contribution in [3.8, 4) is 12.0 Å². The first-order chi connectivity index (χ1) is 6.15. The van der Waals surface area contributed by atoms with Gasteiger partial charge in [0.1, 0.15) is 11.4 Å². The van der Waals surface area contributed by atoms with Gasteiger partial charge >= 0.3 is 0 Å². The normalized spacial score (nSPS) is 8.85. The average molecular weight is 179 g/mol. The zero-order valence-corrected chi connectivity index (χ0v) is 6.43. The fourth-order valence-corrected chi connectivity index (χ4v) is 0.798. The van der Waals surface area contributed by atoms with Crippen LogP contribution in [0, 0.1) is 21.6 Å². The molecule has 66 valence electrons. The molecule has 6 nitrogen and oxygen atoms in total. The van der Waals surface area contributed by atoms with E-state index in [1.54, 1.807) is 0 Å². The van der Waals surface area contributed by atoms with Crippen LogP contribution >= 0.6 is 0 Å². The fraction of sp³-hybridized carbons (Fsp3) is 0. The second-order valence-corrected chi connectivity index (χ2v) is 2.17. The summed E-state index contributed by atoms with van der Waals surface area (Å²) in [6.45, 7) is 0. The second-order valence-electron chi connectivity index (χ2n) is 2.17. The minimum atomic E-state index is -0.639. The molecule has 0 saturated carbocycles. The maximum Gasteiger partial charge on any atom is 0.295 e. The summed E-state index contributed by atoms with van der Waals surface area (Å²) in [5.74, 6) is 0.100. The Balaban J connectivity index is 3.13. The van der Waals surface area contributed by atoms with Crippen molar-refractivity contribution < 1.29 is 9.66 Å². The molecule has 0 saturated heterocycles. The van der Waals surface area contributed by atoms with Crippen LogP contribution in [0.3, 0.4) is 0 Å². The highest BCUT2D eigenvalue weighted by Gasteiger charge is 2.12. The quantitative estimate of drug-likeness (QED) is 0.316. The lowest BCUT2D eigenvalue weighted by atomic mass is 10.2. The van der Waals surface area contributed by atoms with Crippen molar-refractivity contribution in [2.45, 2.75) is 0 Å². The Hall–Kier alpha value is -2.29. The summed E-state index contributed by atoms with van der Waals surface area (Å²) in [7, 11) is 0. The molecule has 0 unspecified atom stereocenters. The monoisotopic (exact) mass is 179 g/mol. The molecule has 0 heterocycles. The zero-order valence-electron chi connectivity index (χ0n) is 6.43. The van der Waals surface area contributed by atoms with Crippen LogP contribution in [0.15, 0.2) is 18.2 Å². The standard InChI is InChI=1S/C7H5N3O3/c8-4-13-5-1-2-6(9)7(3-5)10(11)12/h1-3H,9H2. The van der Waals surface area contributed by atoms with E-state index in [1.807, 2.05) is 0 Å². The van der Waals surface area contributed by atoms with Crippen molar-refractivity contribution in [1.82, 2.24) is 0 Å². The van der Waals surface area contributed by atoms with Crippen LogP contribution in [0.2, 0.25) is 0 Å². The van der Waals surface area contributed by atoms with Crippen molar-refractivity contribution in [3.05, 3.63) is 28.3 Å².